The molecule has 0 atom stereocenters. The van der Waals surface area contributed by atoms with E-state index < -0.39 is 0 Å². The van der Waals surface area contributed by atoms with E-state index in [0.717, 1.165) is 12.8 Å². The normalized spacial score (nSPS) is 12.8. The molecule has 0 radical (unpaired) electrons. The van der Waals surface area contributed by atoms with Gasteiger partial charge in [-0.15, -0.1) is 0 Å². The molecule has 0 bridgehead atoms. The Labute approximate surface area is 345 Å². The van der Waals surface area contributed by atoms with Gasteiger partial charge in [-0.1, -0.05) is 182 Å². The van der Waals surface area contributed by atoms with Gasteiger partial charge in [0, 0.05) is 17.1 Å². The number of hydrogen-bond acceptors (Lipinski definition) is 1. The van der Waals surface area contributed by atoms with Crippen LogP contribution < -0.4 is 4.90 Å². The van der Waals surface area contributed by atoms with Crippen LogP contribution >= 0.6 is 0 Å². The molecule has 1 aliphatic rings. The van der Waals surface area contributed by atoms with Gasteiger partial charge in [0.05, 0.1) is 0 Å². The third-order valence-corrected chi connectivity index (χ3v) is 12.1. The third kappa shape index (κ3) is 6.20. The molecule has 0 heterocycles. The molecular weight excluding hydrogens is 711 g/mol. The molecule has 1 heteroatoms. The zero-order valence-corrected chi connectivity index (χ0v) is 32.7. The topological polar surface area (TPSA) is 3.24 Å². The van der Waals surface area contributed by atoms with Gasteiger partial charge in [-0.05, 0) is 143 Å². The first-order valence-electron chi connectivity index (χ1n) is 20.6. The highest BCUT2D eigenvalue weighted by Crippen LogP contribution is 2.50. The van der Waals surface area contributed by atoms with Crippen LogP contribution in [0.2, 0.25) is 0 Å². The van der Waals surface area contributed by atoms with Crippen molar-refractivity contribution in [3.63, 3.8) is 0 Å². The minimum absolute atomic E-state index is 0.896. The molecule has 10 aromatic carbocycles. The van der Waals surface area contributed by atoms with Gasteiger partial charge in [-0.25, -0.2) is 0 Å². The molecule has 0 amide bonds. The Balaban J connectivity index is 1.21. The third-order valence-electron chi connectivity index (χ3n) is 12.1. The maximum Gasteiger partial charge on any atom is 0.0464 e. The number of allylic oxidation sites excluding steroid dienone is 4. The van der Waals surface area contributed by atoms with Crippen molar-refractivity contribution < 1.29 is 0 Å². The molecule has 0 aliphatic heterocycles. The highest BCUT2D eigenvalue weighted by atomic mass is 15.1. The van der Waals surface area contributed by atoms with E-state index in [1.54, 1.807) is 0 Å². The molecule has 1 aliphatic carbocycles. The van der Waals surface area contributed by atoms with Gasteiger partial charge in [-0.2, -0.15) is 0 Å². The molecule has 0 N–H and O–H groups in total. The first-order valence-corrected chi connectivity index (χ1v) is 20.6. The van der Waals surface area contributed by atoms with E-state index >= 15 is 0 Å². The number of nitrogens with zero attached hydrogens (tertiary/aromatic N) is 1. The van der Waals surface area contributed by atoms with E-state index in [0.29, 0.717) is 0 Å². The van der Waals surface area contributed by atoms with Crippen LogP contribution in [-0.2, 0) is 0 Å². The largest absolute Gasteiger partial charge is 0.314 e. The molecule has 0 unspecified atom stereocenters. The highest BCUT2D eigenvalue weighted by molar-refractivity contribution is 6.32. The van der Waals surface area contributed by atoms with E-state index in [1.807, 2.05) is 0 Å². The van der Waals surface area contributed by atoms with Crippen molar-refractivity contribution in [2.45, 2.75) is 12.8 Å². The molecule has 0 aromatic heterocycles. The minimum atomic E-state index is 0.896. The summed E-state index contributed by atoms with van der Waals surface area (Å²) in [4.78, 5) is 2.45. The van der Waals surface area contributed by atoms with Crippen LogP contribution in [-0.4, -0.2) is 0 Å². The number of rotatable bonds is 7. The lowest BCUT2D eigenvalue weighted by Gasteiger charge is -2.31. The lowest BCUT2D eigenvalue weighted by atomic mass is 9.79. The molecule has 59 heavy (non-hydrogen) atoms. The summed E-state index contributed by atoms with van der Waals surface area (Å²) in [6, 6.07) is 77.7. The summed E-state index contributed by atoms with van der Waals surface area (Å²) in [6.45, 7) is 0. The van der Waals surface area contributed by atoms with Crippen molar-refractivity contribution in [2.24, 2.45) is 0 Å². The summed E-state index contributed by atoms with van der Waals surface area (Å²) in [5.41, 5.74) is 13.7. The van der Waals surface area contributed by atoms with Gasteiger partial charge < -0.3 is 4.90 Å². The number of hydrogen-bond donors (Lipinski definition) is 0. The smallest absolute Gasteiger partial charge is 0.0464 e. The highest BCUT2D eigenvalue weighted by Gasteiger charge is 2.25. The van der Waals surface area contributed by atoms with Crippen LogP contribution in [0.4, 0.5) is 11.4 Å². The predicted octanol–water partition coefficient (Wildman–Crippen LogP) is 16.2. The van der Waals surface area contributed by atoms with E-state index in [-0.39, 0.29) is 0 Å². The Morgan fingerprint density at radius 2 is 0.915 bits per heavy atom. The molecule has 278 valence electrons. The summed E-state index contributed by atoms with van der Waals surface area (Å²) in [6.07, 6.45) is 6.59. The monoisotopic (exact) mass is 751 g/mol. The quantitative estimate of drug-likeness (QED) is 0.147. The van der Waals surface area contributed by atoms with Gasteiger partial charge in [0.15, 0.2) is 0 Å². The van der Waals surface area contributed by atoms with Gasteiger partial charge in [0.1, 0.15) is 0 Å². The number of fused-ring (bicyclic) bond motifs is 7. The van der Waals surface area contributed by atoms with Gasteiger partial charge in [0.2, 0.25) is 0 Å². The van der Waals surface area contributed by atoms with Crippen molar-refractivity contribution in [2.75, 3.05) is 4.90 Å². The Bertz CT molecular complexity index is 3230. The van der Waals surface area contributed by atoms with Crippen LogP contribution in [0, 0.1) is 0 Å². The van der Waals surface area contributed by atoms with Crippen molar-refractivity contribution in [3.05, 3.63) is 236 Å². The fraction of sp³-hybridized carbons (Fsp3) is 0.0345. The Morgan fingerprint density at radius 3 is 1.61 bits per heavy atom. The maximum atomic E-state index is 2.48. The SMILES string of the molecule is C1=C(c2c(-c3ccccc3)cc(-c3ccccc3)c3c4ccccc4c4cc(-c5ccccc5)ccc4c23)CCC(N(c2ccccc2)c2ccc3ccccc3c2)=C1. The summed E-state index contributed by atoms with van der Waals surface area (Å²) in [5.74, 6) is 0. The van der Waals surface area contributed by atoms with Gasteiger partial charge in [0.25, 0.3) is 0 Å². The fourth-order valence-corrected chi connectivity index (χ4v) is 9.38. The number of para-hydroxylation sites is 1. The molecule has 10 aromatic rings. The molecule has 0 saturated heterocycles. The molecular formula is C58H41N. The Hall–Kier alpha value is -7.48. The van der Waals surface area contributed by atoms with E-state index in [4.69, 9.17) is 0 Å². The van der Waals surface area contributed by atoms with Gasteiger partial charge in [-0.3, -0.25) is 0 Å². The Morgan fingerprint density at radius 1 is 0.322 bits per heavy atom. The lowest BCUT2D eigenvalue weighted by Crippen LogP contribution is -2.18. The van der Waals surface area contributed by atoms with Crippen LogP contribution in [0.15, 0.2) is 230 Å². The van der Waals surface area contributed by atoms with Crippen molar-refractivity contribution in [1.29, 1.82) is 0 Å². The van der Waals surface area contributed by atoms with Gasteiger partial charge >= 0.3 is 0 Å². The summed E-state index contributed by atoms with van der Waals surface area (Å²) >= 11 is 0. The minimum Gasteiger partial charge on any atom is -0.314 e. The van der Waals surface area contributed by atoms with E-state index in [1.165, 1.54) is 105 Å². The average molecular weight is 752 g/mol. The summed E-state index contributed by atoms with van der Waals surface area (Å²) < 4.78 is 0. The van der Waals surface area contributed by atoms with Crippen LogP contribution in [0.1, 0.15) is 18.4 Å². The summed E-state index contributed by atoms with van der Waals surface area (Å²) in [5, 5.41) is 10.2. The first-order chi connectivity index (χ1) is 29.3. The van der Waals surface area contributed by atoms with Crippen molar-refractivity contribution in [1.82, 2.24) is 0 Å². The maximum absolute atomic E-state index is 2.48. The fourth-order valence-electron chi connectivity index (χ4n) is 9.38. The molecule has 0 saturated carbocycles. The lowest BCUT2D eigenvalue weighted by molar-refractivity contribution is 0.931. The second-order valence-corrected chi connectivity index (χ2v) is 15.6. The second kappa shape index (κ2) is 14.8. The van der Waals surface area contributed by atoms with Crippen LogP contribution in [0.5, 0.6) is 0 Å². The molecule has 0 fully saturated rings. The van der Waals surface area contributed by atoms with E-state index in [9.17, 15) is 0 Å². The molecule has 0 spiro atoms. The predicted molar refractivity (Wildman–Crippen MR) is 253 cm³/mol. The second-order valence-electron chi connectivity index (χ2n) is 15.6. The standard InChI is InChI=1S/C58H41N/c1-5-17-40(18-6-1)46-32-36-52-55(38-46)50-27-15-16-28-51(50)57-54(43-22-9-3-10-23-43)39-53(42-20-7-2-8-21-42)56(58(52)57)44-30-33-48(34-31-44)59(47-25-11-4-12-26-47)49-35-29-41-19-13-14-24-45(41)37-49/h1-30,32-33,35-39H,31,34H2. The van der Waals surface area contributed by atoms with Crippen LogP contribution in [0.25, 0.3) is 82.0 Å². The first kappa shape index (κ1) is 34.7. The zero-order valence-electron chi connectivity index (χ0n) is 32.7. The van der Waals surface area contributed by atoms with E-state index in [2.05, 4.69) is 229 Å². The summed E-state index contributed by atoms with van der Waals surface area (Å²) in [7, 11) is 0. The number of benzene rings is 10. The Kier molecular flexibility index (Phi) is 8.71. The average Bonchev–Trinajstić information content (AvgIpc) is 3.32. The number of anilines is 2. The van der Waals surface area contributed by atoms with Crippen molar-refractivity contribution >= 4 is 60.0 Å². The molecule has 11 rings (SSSR count). The molecule has 1 nitrogen and oxygen atoms in total. The van der Waals surface area contributed by atoms with Crippen molar-refractivity contribution in [3.8, 4) is 33.4 Å². The zero-order chi connectivity index (χ0) is 39.1. The van der Waals surface area contributed by atoms with Crippen LogP contribution in [0.3, 0.4) is 0 Å².